The third kappa shape index (κ3) is 6.30. The van der Waals surface area contributed by atoms with Crippen molar-refractivity contribution >= 4 is 35.0 Å². The molecule has 0 unspecified atom stereocenters. The van der Waals surface area contributed by atoms with Crippen LogP contribution < -0.4 is 20.7 Å². The lowest BCUT2D eigenvalue weighted by molar-refractivity contribution is -0.384. The monoisotopic (exact) mass is 437 g/mol. The second kappa shape index (κ2) is 11.1. The van der Waals surface area contributed by atoms with E-state index in [1.165, 1.54) is 30.3 Å². The molecule has 3 N–H and O–H groups in total. The van der Waals surface area contributed by atoms with Crippen molar-refractivity contribution in [2.75, 3.05) is 29.9 Å². The fourth-order valence-electron chi connectivity index (χ4n) is 2.90. The molecule has 0 spiro atoms. The number of nitrogens with two attached hydrogens (primary N) is 1. The van der Waals surface area contributed by atoms with Crippen molar-refractivity contribution in [3.8, 4) is 11.8 Å². The average Bonchev–Trinajstić information content (AvgIpc) is 2.77. The van der Waals surface area contributed by atoms with E-state index in [1.54, 1.807) is 18.2 Å². The minimum absolute atomic E-state index is 0.154. The zero-order chi connectivity index (χ0) is 23.7. The molecule has 32 heavy (non-hydrogen) atoms. The third-order valence-electron chi connectivity index (χ3n) is 4.51. The quantitative estimate of drug-likeness (QED) is 0.251. The number of hydrogen-bond donors (Lipinski definition) is 2. The van der Waals surface area contributed by atoms with E-state index in [-0.39, 0.29) is 22.7 Å². The van der Waals surface area contributed by atoms with E-state index in [9.17, 15) is 19.7 Å². The molecule has 0 aliphatic rings. The molecule has 0 saturated heterocycles. The number of primary amides is 1. The Balaban J connectivity index is 2.27. The predicted molar refractivity (Wildman–Crippen MR) is 120 cm³/mol. The molecule has 0 saturated carbocycles. The lowest BCUT2D eigenvalue weighted by Crippen LogP contribution is -2.23. The lowest BCUT2D eigenvalue weighted by Gasteiger charge is -2.22. The van der Waals surface area contributed by atoms with Gasteiger partial charge in [0.15, 0.2) is 6.61 Å². The van der Waals surface area contributed by atoms with Gasteiger partial charge in [-0.25, -0.2) is 0 Å². The molecule has 0 aromatic heterocycles. The fourth-order valence-corrected chi connectivity index (χ4v) is 2.90. The first-order valence-corrected chi connectivity index (χ1v) is 9.76. The Hall–Kier alpha value is -4.39. The number of nitro benzene ring substituents is 1. The summed E-state index contributed by atoms with van der Waals surface area (Å²) in [4.78, 5) is 36.2. The Morgan fingerprint density at radius 3 is 2.56 bits per heavy atom. The summed E-state index contributed by atoms with van der Waals surface area (Å²) in [6.07, 6.45) is 1.29. The molecule has 2 aromatic carbocycles. The van der Waals surface area contributed by atoms with Gasteiger partial charge in [-0.05, 0) is 38.1 Å². The molecule has 0 aliphatic heterocycles. The first kappa shape index (κ1) is 23.9. The number of nitrogens with zero attached hydrogens (tertiary/aromatic N) is 3. The van der Waals surface area contributed by atoms with E-state index in [1.807, 2.05) is 19.9 Å². The summed E-state index contributed by atoms with van der Waals surface area (Å²) in [6.45, 7) is 5.06. The number of amides is 2. The maximum Gasteiger partial charge on any atom is 0.271 e. The van der Waals surface area contributed by atoms with E-state index in [4.69, 9.17) is 15.7 Å². The van der Waals surface area contributed by atoms with Crippen molar-refractivity contribution in [3.05, 3.63) is 63.7 Å². The van der Waals surface area contributed by atoms with Crippen LogP contribution in [0.1, 0.15) is 19.4 Å². The maximum absolute atomic E-state index is 12.3. The van der Waals surface area contributed by atoms with E-state index in [2.05, 4.69) is 10.2 Å². The number of nitro groups is 1. The number of hydrogen-bond acceptors (Lipinski definition) is 7. The van der Waals surface area contributed by atoms with Crippen molar-refractivity contribution in [1.82, 2.24) is 0 Å². The summed E-state index contributed by atoms with van der Waals surface area (Å²) in [6, 6.07) is 12.4. The highest BCUT2D eigenvalue weighted by Crippen LogP contribution is 2.28. The smallest absolute Gasteiger partial charge is 0.271 e. The van der Waals surface area contributed by atoms with Gasteiger partial charge < -0.3 is 20.7 Å². The molecule has 0 heterocycles. The number of ether oxygens (including phenoxy) is 1. The highest BCUT2D eigenvalue weighted by atomic mass is 16.6. The van der Waals surface area contributed by atoms with Crippen LogP contribution in [0, 0.1) is 21.4 Å². The number of non-ortho nitro benzene ring substituents is 1. The standard InChI is InChI=1S/C22H23N5O5/c1-3-26(4-2)18-9-8-15(10-16(13-23)22(24)29)20(12-18)32-14-21(28)25-17-6-5-7-19(11-17)27(30)31/h5-12H,3-4,14H2,1-2H3,(H2,24,29)(H,25,28)/b16-10+. The van der Waals surface area contributed by atoms with Gasteiger partial charge in [0.2, 0.25) is 0 Å². The minimum Gasteiger partial charge on any atom is -0.483 e. The molecule has 0 aliphatic carbocycles. The van der Waals surface area contributed by atoms with Gasteiger partial charge in [0, 0.05) is 48.2 Å². The predicted octanol–water partition coefficient (Wildman–Crippen LogP) is 2.85. The number of benzene rings is 2. The van der Waals surface area contributed by atoms with Crippen LogP contribution in [0.25, 0.3) is 6.08 Å². The van der Waals surface area contributed by atoms with Crippen molar-refractivity contribution in [1.29, 1.82) is 5.26 Å². The number of carbonyl (C=O) groups excluding carboxylic acids is 2. The Kier molecular flexibility index (Phi) is 8.30. The molecule has 10 heteroatoms. The second-order valence-electron chi connectivity index (χ2n) is 6.57. The average molecular weight is 437 g/mol. The fraction of sp³-hybridized carbons (Fsp3) is 0.227. The molecule has 0 fully saturated rings. The van der Waals surface area contributed by atoms with Crippen LogP contribution in [0.15, 0.2) is 48.0 Å². The third-order valence-corrected chi connectivity index (χ3v) is 4.51. The van der Waals surface area contributed by atoms with E-state index >= 15 is 0 Å². The normalized spacial score (nSPS) is 10.7. The zero-order valence-corrected chi connectivity index (χ0v) is 17.7. The van der Waals surface area contributed by atoms with Gasteiger partial charge in [0.1, 0.15) is 17.4 Å². The topological polar surface area (TPSA) is 152 Å². The first-order valence-electron chi connectivity index (χ1n) is 9.76. The molecule has 0 radical (unpaired) electrons. The van der Waals surface area contributed by atoms with Crippen LogP contribution in [0.4, 0.5) is 17.1 Å². The van der Waals surface area contributed by atoms with Gasteiger partial charge in [-0.15, -0.1) is 0 Å². The molecular formula is C22H23N5O5. The van der Waals surface area contributed by atoms with Crippen LogP contribution in [0.3, 0.4) is 0 Å². The second-order valence-corrected chi connectivity index (χ2v) is 6.57. The number of nitrogens with one attached hydrogen (secondary N) is 1. The summed E-state index contributed by atoms with van der Waals surface area (Å²) in [5.74, 6) is -1.14. The Morgan fingerprint density at radius 1 is 1.25 bits per heavy atom. The van der Waals surface area contributed by atoms with Gasteiger partial charge in [-0.1, -0.05) is 6.07 Å². The van der Waals surface area contributed by atoms with Gasteiger partial charge >= 0.3 is 0 Å². The summed E-state index contributed by atoms with van der Waals surface area (Å²) in [7, 11) is 0. The summed E-state index contributed by atoms with van der Waals surface area (Å²) in [5.41, 5.74) is 6.29. The highest BCUT2D eigenvalue weighted by molar-refractivity contribution is 6.01. The van der Waals surface area contributed by atoms with Gasteiger partial charge in [0.05, 0.1) is 4.92 Å². The van der Waals surface area contributed by atoms with Crippen molar-refractivity contribution < 1.29 is 19.2 Å². The van der Waals surface area contributed by atoms with Crippen LogP contribution in [0.5, 0.6) is 5.75 Å². The Morgan fingerprint density at radius 2 is 1.97 bits per heavy atom. The summed E-state index contributed by atoms with van der Waals surface area (Å²) < 4.78 is 5.68. The molecule has 166 valence electrons. The van der Waals surface area contributed by atoms with E-state index in [0.717, 1.165) is 18.8 Å². The zero-order valence-electron chi connectivity index (χ0n) is 17.7. The molecule has 2 rings (SSSR count). The summed E-state index contributed by atoms with van der Waals surface area (Å²) >= 11 is 0. The van der Waals surface area contributed by atoms with Gasteiger partial charge in [-0.2, -0.15) is 5.26 Å². The number of carbonyl (C=O) groups is 2. The van der Waals surface area contributed by atoms with Crippen molar-refractivity contribution in [2.45, 2.75) is 13.8 Å². The van der Waals surface area contributed by atoms with Crippen LogP contribution in [-0.4, -0.2) is 36.4 Å². The number of nitriles is 1. The molecule has 0 bridgehead atoms. The first-order chi connectivity index (χ1) is 15.3. The molecule has 2 aromatic rings. The van der Waals surface area contributed by atoms with E-state index < -0.39 is 23.3 Å². The summed E-state index contributed by atoms with van der Waals surface area (Å²) in [5, 5.41) is 22.6. The largest absolute Gasteiger partial charge is 0.483 e. The van der Waals surface area contributed by atoms with Crippen molar-refractivity contribution in [3.63, 3.8) is 0 Å². The van der Waals surface area contributed by atoms with E-state index in [0.29, 0.717) is 5.56 Å². The molecule has 0 atom stereocenters. The highest BCUT2D eigenvalue weighted by Gasteiger charge is 2.13. The molecule has 2 amide bonds. The van der Waals surface area contributed by atoms with Crippen LogP contribution in [0.2, 0.25) is 0 Å². The molecular weight excluding hydrogens is 414 g/mol. The Labute approximate surface area is 185 Å². The Bertz CT molecular complexity index is 1090. The molecule has 10 nitrogen and oxygen atoms in total. The minimum atomic E-state index is -0.880. The lowest BCUT2D eigenvalue weighted by atomic mass is 10.1. The van der Waals surface area contributed by atoms with Gasteiger partial charge in [0.25, 0.3) is 17.5 Å². The number of rotatable bonds is 10. The SMILES string of the molecule is CCN(CC)c1ccc(/C=C(\C#N)C(N)=O)c(OCC(=O)Nc2cccc([N+](=O)[O-])c2)c1. The maximum atomic E-state index is 12.3. The van der Waals surface area contributed by atoms with Crippen LogP contribution in [-0.2, 0) is 9.59 Å². The van der Waals surface area contributed by atoms with Crippen LogP contribution >= 0.6 is 0 Å². The van der Waals surface area contributed by atoms with Gasteiger partial charge in [-0.3, -0.25) is 19.7 Å². The number of anilines is 2. The van der Waals surface area contributed by atoms with Crippen molar-refractivity contribution in [2.24, 2.45) is 5.73 Å².